The fourth-order valence-corrected chi connectivity index (χ4v) is 4.47. The van der Waals surface area contributed by atoms with Gasteiger partial charge in [-0.2, -0.15) is 18.3 Å². The van der Waals surface area contributed by atoms with Crippen LogP contribution in [-0.2, 0) is 13.1 Å². The Morgan fingerprint density at radius 1 is 1.17 bits per heavy atom. The zero-order valence-electron chi connectivity index (χ0n) is 16.3. The second kappa shape index (κ2) is 7.23. The van der Waals surface area contributed by atoms with Gasteiger partial charge in [-0.1, -0.05) is 12.1 Å². The van der Waals surface area contributed by atoms with E-state index in [9.17, 15) is 18.0 Å². The molecule has 1 aliphatic carbocycles. The molecule has 1 saturated carbocycles. The highest BCUT2D eigenvalue weighted by atomic mass is 19.4. The molecule has 1 atom stereocenters. The number of alkyl halides is 3. The lowest BCUT2D eigenvalue weighted by molar-refractivity contribution is -0.142. The lowest BCUT2D eigenvalue weighted by Crippen LogP contribution is -2.35. The van der Waals surface area contributed by atoms with E-state index in [1.165, 1.54) is 6.07 Å². The fraction of sp³-hybridized carbons (Fsp3) is 0.476. The van der Waals surface area contributed by atoms with Gasteiger partial charge in [0.2, 0.25) is 0 Å². The molecule has 158 valence electrons. The summed E-state index contributed by atoms with van der Waals surface area (Å²) in [4.78, 5) is 19.6. The molecule has 1 unspecified atom stereocenters. The molecule has 0 radical (unpaired) electrons. The van der Waals surface area contributed by atoms with Crippen LogP contribution in [0.5, 0.6) is 0 Å². The second-order valence-electron chi connectivity index (χ2n) is 8.21. The monoisotopic (exact) mass is 417 g/mol. The third kappa shape index (κ3) is 3.62. The van der Waals surface area contributed by atoms with Crippen LogP contribution in [0.2, 0.25) is 0 Å². The SMILES string of the molecule is O=c1c2ccccc2nc(C2CCCN2Cc2cn[nH]c2C2CC2)n1CC(F)(F)F. The molecule has 0 bridgehead atoms. The Balaban J connectivity index is 1.55. The average molecular weight is 417 g/mol. The van der Waals surface area contributed by atoms with Crippen molar-refractivity contribution in [1.29, 1.82) is 0 Å². The van der Waals surface area contributed by atoms with Crippen molar-refractivity contribution < 1.29 is 13.2 Å². The van der Waals surface area contributed by atoms with Gasteiger partial charge < -0.3 is 0 Å². The van der Waals surface area contributed by atoms with Gasteiger partial charge in [0.15, 0.2) is 0 Å². The number of fused-ring (bicyclic) bond motifs is 1. The number of nitrogens with zero attached hydrogens (tertiary/aromatic N) is 4. The maximum Gasteiger partial charge on any atom is 0.406 e. The Morgan fingerprint density at radius 3 is 2.73 bits per heavy atom. The Morgan fingerprint density at radius 2 is 1.97 bits per heavy atom. The highest BCUT2D eigenvalue weighted by Gasteiger charge is 2.36. The lowest BCUT2D eigenvalue weighted by atomic mass is 10.1. The third-order valence-corrected chi connectivity index (χ3v) is 6.00. The van der Waals surface area contributed by atoms with Gasteiger partial charge in [-0.3, -0.25) is 19.4 Å². The maximum atomic E-state index is 13.3. The van der Waals surface area contributed by atoms with Crippen LogP contribution in [0, 0.1) is 0 Å². The van der Waals surface area contributed by atoms with Gasteiger partial charge in [-0.25, -0.2) is 4.98 Å². The maximum absolute atomic E-state index is 13.3. The Labute approximate surface area is 170 Å². The molecule has 5 rings (SSSR count). The quantitative estimate of drug-likeness (QED) is 0.684. The molecule has 2 aromatic heterocycles. The number of aromatic amines is 1. The topological polar surface area (TPSA) is 66.8 Å². The summed E-state index contributed by atoms with van der Waals surface area (Å²) in [7, 11) is 0. The van der Waals surface area contributed by atoms with Crippen LogP contribution < -0.4 is 5.56 Å². The molecule has 2 fully saturated rings. The van der Waals surface area contributed by atoms with Crippen molar-refractivity contribution in [2.45, 2.75) is 56.9 Å². The van der Waals surface area contributed by atoms with E-state index in [1.54, 1.807) is 24.4 Å². The molecule has 1 aromatic carbocycles. The van der Waals surface area contributed by atoms with Crippen molar-refractivity contribution in [3.05, 3.63) is 57.9 Å². The number of hydrogen-bond donors (Lipinski definition) is 1. The largest absolute Gasteiger partial charge is 0.406 e. The number of para-hydroxylation sites is 1. The van der Waals surface area contributed by atoms with Crippen LogP contribution in [0.25, 0.3) is 10.9 Å². The molecule has 2 aliphatic rings. The predicted molar refractivity (Wildman–Crippen MR) is 105 cm³/mol. The minimum atomic E-state index is -4.50. The predicted octanol–water partition coefficient (Wildman–Crippen LogP) is 3.90. The zero-order valence-corrected chi connectivity index (χ0v) is 16.3. The first-order valence-electron chi connectivity index (χ1n) is 10.2. The molecule has 1 aliphatic heterocycles. The van der Waals surface area contributed by atoms with E-state index in [4.69, 9.17) is 0 Å². The fourth-order valence-electron chi connectivity index (χ4n) is 4.47. The van der Waals surface area contributed by atoms with E-state index in [0.717, 1.165) is 41.6 Å². The standard InChI is InChI=1S/C21H22F3N5O/c22-21(23,24)12-29-19(26-16-5-2-1-4-15(16)20(29)30)17-6-3-9-28(17)11-14-10-25-27-18(14)13-7-8-13/h1-2,4-5,10,13,17H,3,6-9,11-12H2,(H,25,27). The molecule has 1 N–H and O–H groups in total. The Kier molecular flexibility index (Phi) is 4.65. The smallest absolute Gasteiger partial charge is 0.289 e. The first kappa shape index (κ1) is 19.3. The summed E-state index contributed by atoms with van der Waals surface area (Å²) in [6.45, 7) is -0.00123. The minimum absolute atomic E-state index is 0.199. The van der Waals surface area contributed by atoms with Crippen LogP contribution in [0.4, 0.5) is 13.2 Å². The van der Waals surface area contributed by atoms with Gasteiger partial charge in [-0.05, 0) is 44.4 Å². The molecular weight excluding hydrogens is 395 g/mol. The van der Waals surface area contributed by atoms with Crippen LogP contribution in [-0.4, -0.2) is 37.4 Å². The van der Waals surface area contributed by atoms with Gasteiger partial charge in [0.1, 0.15) is 12.4 Å². The third-order valence-electron chi connectivity index (χ3n) is 6.00. The molecule has 3 heterocycles. The molecular formula is C21H22F3N5O. The van der Waals surface area contributed by atoms with Crippen LogP contribution in [0.1, 0.15) is 54.7 Å². The van der Waals surface area contributed by atoms with Crippen molar-refractivity contribution >= 4 is 10.9 Å². The van der Waals surface area contributed by atoms with Crippen LogP contribution >= 0.6 is 0 Å². The summed E-state index contributed by atoms with van der Waals surface area (Å²) in [5, 5.41) is 7.46. The highest BCUT2D eigenvalue weighted by Crippen LogP contribution is 2.41. The first-order valence-corrected chi connectivity index (χ1v) is 10.2. The molecule has 3 aromatic rings. The van der Waals surface area contributed by atoms with Gasteiger partial charge in [0.25, 0.3) is 5.56 Å². The van der Waals surface area contributed by atoms with Gasteiger partial charge >= 0.3 is 6.18 Å². The van der Waals surface area contributed by atoms with Gasteiger partial charge in [0, 0.05) is 23.7 Å². The number of halogens is 3. The number of rotatable bonds is 5. The van der Waals surface area contributed by atoms with Crippen molar-refractivity contribution in [1.82, 2.24) is 24.6 Å². The van der Waals surface area contributed by atoms with E-state index in [-0.39, 0.29) is 17.3 Å². The molecule has 0 spiro atoms. The van der Waals surface area contributed by atoms with Crippen molar-refractivity contribution in [2.24, 2.45) is 0 Å². The minimum Gasteiger partial charge on any atom is -0.289 e. The lowest BCUT2D eigenvalue weighted by Gasteiger charge is -2.27. The van der Waals surface area contributed by atoms with Crippen molar-refractivity contribution in [3.63, 3.8) is 0 Å². The van der Waals surface area contributed by atoms with Gasteiger partial charge in [-0.15, -0.1) is 0 Å². The summed E-state index contributed by atoms with van der Waals surface area (Å²) < 4.78 is 40.8. The summed E-state index contributed by atoms with van der Waals surface area (Å²) in [6.07, 6.45) is 1.08. The molecule has 6 nitrogen and oxygen atoms in total. The van der Waals surface area contributed by atoms with E-state index >= 15 is 0 Å². The summed E-state index contributed by atoms with van der Waals surface area (Å²) in [5.74, 6) is 0.704. The average Bonchev–Trinajstić information content (AvgIpc) is 3.26. The second-order valence-corrected chi connectivity index (χ2v) is 8.21. The van der Waals surface area contributed by atoms with Crippen LogP contribution in [0.15, 0.2) is 35.3 Å². The normalized spacial score (nSPS) is 20.3. The molecule has 9 heteroatoms. The highest BCUT2D eigenvalue weighted by molar-refractivity contribution is 5.77. The number of H-pyrrole nitrogens is 1. The van der Waals surface area contributed by atoms with E-state index < -0.39 is 18.3 Å². The van der Waals surface area contributed by atoms with Gasteiger partial charge in [0.05, 0.1) is 23.1 Å². The number of benzene rings is 1. The van der Waals surface area contributed by atoms with Crippen LogP contribution in [0.3, 0.4) is 0 Å². The Bertz CT molecular complexity index is 1130. The van der Waals surface area contributed by atoms with E-state index in [2.05, 4.69) is 20.1 Å². The number of hydrogen-bond acceptors (Lipinski definition) is 4. The summed E-state index contributed by atoms with van der Waals surface area (Å²) in [5.41, 5.74) is 2.00. The number of nitrogens with one attached hydrogen (secondary N) is 1. The zero-order chi connectivity index (χ0) is 20.9. The summed E-state index contributed by atoms with van der Waals surface area (Å²) >= 11 is 0. The molecule has 30 heavy (non-hydrogen) atoms. The van der Waals surface area contributed by atoms with E-state index in [1.807, 2.05) is 0 Å². The molecule has 0 amide bonds. The molecule has 1 saturated heterocycles. The number of likely N-dealkylation sites (tertiary alicyclic amines) is 1. The van der Waals surface area contributed by atoms with Crippen molar-refractivity contribution in [2.75, 3.05) is 6.54 Å². The number of aromatic nitrogens is 4. The Hall–Kier alpha value is -2.68. The van der Waals surface area contributed by atoms with E-state index in [0.29, 0.717) is 24.4 Å². The van der Waals surface area contributed by atoms with Crippen molar-refractivity contribution in [3.8, 4) is 0 Å². The summed E-state index contributed by atoms with van der Waals surface area (Å²) in [6, 6.07) is 6.25. The first-order chi connectivity index (χ1) is 14.4.